The first-order chi connectivity index (χ1) is 9.76. The number of piperazine rings is 1. The Balaban J connectivity index is 1.97. The lowest BCUT2D eigenvalue weighted by atomic mass is 10.1. The number of carbonyl (C=O) groups excluding carboxylic acids is 1. The van der Waals surface area contributed by atoms with Gasteiger partial charge in [-0.3, -0.25) is 9.69 Å². The van der Waals surface area contributed by atoms with Gasteiger partial charge in [0.1, 0.15) is 0 Å². The van der Waals surface area contributed by atoms with Crippen molar-refractivity contribution in [1.29, 1.82) is 0 Å². The molecule has 1 aromatic rings. The quantitative estimate of drug-likeness (QED) is 0.905. The number of rotatable bonds is 3. The van der Waals surface area contributed by atoms with Crippen molar-refractivity contribution in [2.24, 2.45) is 0 Å². The van der Waals surface area contributed by atoms with Crippen molar-refractivity contribution in [1.82, 2.24) is 9.80 Å². The molecule has 1 amide bonds. The van der Waals surface area contributed by atoms with Gasteiger partial charge in [0, 0.05) is 42.8 Å². The summed E-state index contributed by atoms with van der Waals surface area (Å²) in [6.07, 6.45) is 0. The van der Waals surface area contributed by atoms with E-state index in [4.69, 9.17) is 0 Å². The van der Waals surface area contributed by atoms with Crippen LogP contribution in [0.1, 0.15) is 29.8 Å². The van der Waals surface area contributed by atoms with E-state index in [0.717, 1.165) is 28.7 Å². The lowest BCUT2D eigenvalue weighted by Crippen LogP contribution is -2.52. The Kier molecular flexibility index (Phi) is 5.07. The fourth-order valence-electron chi connectivity index (χ4n) is 2.69. The molecule has 1 saturated heterocycles. The van der Waals surface area contributed by atoms with E-state index in [1.165, 1.54) is 0 Å². The van der Waals surface area contributed by atoms with E-state index in [-0.39, 0.29) is 5.91 Å². The number of hydrogen-bond donors (Lipinski definition) is 1. The largest absolute Gasteiger partial charge is 0.389 e. The van der Waals surface area contributed by atoms with Gasteiger partial charge in [-0.15, -0.1) is 0 Å². The number of amides is 1. The minimum absolute atomic E-state index is 0.0999. The lowest BCUT2D eigenvalue weighted by Gasteiger charge is -2.37. The standard InChI is InChI=1S/C16H23BrN2O2/c1-12-10-13(17)4-5-14(12)15(20)19-8-6-18(7-9-19)11-16(2,3)21/h4-5,10,21H,6-9,11H2,1-3H3. The molecule has 1 heterocycles. The molecule has 0 aromatic heterocycles. The maximum Gasteiger partial charge on any atom is 0.254 e. The Hall–Kier alpha value is -0.910. The van der Waals surface area contributed by atoms with Gasteiger partial charge in [0.15, 0.2) is 0 Å². The summed E-state index contributed by atoms with van der Waals surface area (Å²) in [6, 6.07) is 5.76. The smallest absolute Gasteiger partial charge is 0.254 e. The molecule has 5 heteroatoms. The number of nitrogens with zero attached hydrogens (tertiary/aromatic N) is 2. The van der Waals surface area contributed by atoms with Crippen molar-refractivity contribution in [3.8, 4) is 0 Å². The number of hydrogen-bond acceptors (Lipinski definition) is 3. The van der Waals surface area contributed by atoms with Gasteiger partial charge in [-0.05, 0) is 44.5 Å². The topological polar surface area (TPSA) is 43.8 Å². The molecule has 2 rings (SSSR count). The zero-order valence-electron chi connectivity index (χ0n) is 12.9. The number of carbonyl (C=O) groups is 1. The van der Waals surface area contributed by atoms with Gasteiger partial charge in [0.2, 0.25) is 0 Å². The Morgan fingerprint density at radius 2 is 1.90 bits per heavy atom. The van der Waals surface area contributed by atoms with E-state index in [2.05, 4.69) is 20.8 Å². The molecular formula is C16H23BrN2O2. The number of halogens is 1. The van der Waals surface area contributed by atoms with Gasteiger partial charge in [-0.1, -0.05) is 15.9 Å². The molecule has 1 aromatic carbocycles. The maximum atomic E-state index is 12.6. The van der Waals surface area contributed by atoms with Crippen molar-refractivity contribution in [2.75, 3.05) is 32.7 Å². The van der Waals surface area contributed by atoms with Crippen LogP contribution in [0.25, 0.3) is 0 Å². The Labute approximate surface area is 134 Å². The highest BCUT2D eigenvalue weighted by molar-refractivity contribution is 9.10. The van der Waals surface area contributed by atoms with Gasteiger partial charge in [-0.25, -0.2) is 0 Å². The lowest BCUT2D eigenvalue weighted by molar-refractivity contribution is 0.0178. The zero-order valence-corrected chi connectivity index (χ0v) is 14.5. The van der Waals surface area contributed by atoms with Gasteiger partial charge < -0.3 is 10.0 Å². The number of aliphatic hydroxyl groups is 1. The van der Waals surface area contributed by atoms with Crippen LogP contribution in [0.3, 0.4) is 0 Å². The van der Waals surface area contributed by atoms with E-state index in [1.807, 2.05) is 43.9 Å². The van der Waals surface area contributed by atoms with Crippen LogP contribution < -0.4 is 0 Å². The van der Waals surface area contributed by atoms with Crippen LogP contribution in [-0.4, -0.2) is 59.1 Å². The monoisotopic (exact) mass is 354 g/mol. The van der Waals surface area contributed by atoms with Crippen molar-refractivity contribution in [3.63, 3.8) is 0 Å². The fourth-order valence-corrected chi connectivity index (χ4v) is 3.17. The number of aryl methyl sites for hydroxylation is 1. The summed E-state index contributed by atoms with van der Waals surface area (Å²) in [4.78, 5) is 16.7. The second-order valence-corrected chi connectivity index (χ2v) is 7.26. The van der Waals surface area contributed by atoms with Gasteiger partial charge in [-0.2, -0.15) is 0 Å². The van der Waals surface area contributed by atoms with Crippen LogP contribution in [0.5, 0.6) is 0 Å². The fraction of sp³-hybridized carbons (Fsp3) is 0.562. The average Bonchev–Trinajstić information content (AvgIpc) is 2.37. The van der Waals surface area contributed by atoms with Gasteiger partial charge in [0.05, 0.1) is 5.60 Å². The predicted octanol–water partition coefficient (Wildman–Crippen LogP) is 2.29. The van der Waals surface area contributed by atoms with Crippen molar-refractivity contribution < 1.29 is 9.90 Å². The third-order valence-electron chi connectivity index (χ3n) is 3.69. The molecular weight excluding hydrogens is 332 g/mol. The normalized spacial score (nSPS) is 17.1. The molecule has 21 heavy (non-hydrogen) atoms. The summed E-state index contributed by atoms with van der Waals surface area (Å²) in [6.45, 7) is 9.28. The first-order valence-corrected chi connectivity index (χ1v) is 8.06. The van der Waals surface area contributed by atoms with Crippen LogP contribution in [0.4, 0.5) is 0 Å². The van der Waals surface area contributed by atoms with Gasteiger partial charge in [0.25, 0.3) is 5.91 Å². The molecule has 0 radical (unpaired) electrons. The number of β-amino-alcohol motifs (C(OH)–C–C–N with tert-alkyl or cyclic N) is 1. The summed E-state index contributed by atoms with van der Waals surface area (Å²) in [7, 11) is 0. The molecule has 1 aliphatic rings. The van der Waals surface area contributed by atoms with Crippen LogP contribution in [0, 0.1) is 6.92 Å². The van der Waals surface area contributed by atoms with E-state index < -0.39 is 5.60 Å². The molecule has 116 valence electrons. The molecule has 0 saturated carbocycles. The van der Waals surface area contributed by atoms with Crippen LogP contribution >= 0.6 is 15.9 Å². The van der Waals surface area contributed by atoms with E-state index in [1.54, 1.807) is 0 Å². The summed E-state index contributed by atoms with van der Waals surface area (Å²) in [5.41, 5.74) is 1.08. The van der Waals surface area contributed by atoms with Crippen LogP contribution in [0.15, 0.2) is 22.7 Å². The average molecular weight is 355 g/mol. The van der Waals surface area contributed by atoms with E-state index >= 15 is 0 Å². The highest BCUT2D eigenvalue weighted by Crippen LogP contribution is 2.18. The zero-order chi connectivity index (χ0) is 15.6. The summed E-state index contributed by atoms with van der Waals surface area (Å²) in [5, 5.41) is 9.86. The van der Waals surface area contributed by atoms with Crippen molar-refractivity contribution in [2.45, 2.75) is 26.4 Å². The number of benzene rings is 1. The minimum atomic E-state index is -0.686. The highest BCUT2D eigenvalue weighted by Gasteiger charge is 2.26. The minimum Gasteiger partial charge on any atom is -0.389 e. The molecule has 4 nitrogen and oxygen atoms in total. The molecule has 1 N–H and O–H groups in total. The summed E-state index contributed by atoms with van der Waals surface area (Å²) >= 11 is 3.42. The molecule has 0 spiro atoms. The van der Waals surface area contributed by atoms with Gasteiger partial charge >= 0.3 is 0 Å². The Morgan fingerprint density at radius 3 is 2.43 bits per heavy atom. The summed E-state index contributed by atoms with van der Waals surface area (Å²) < 4.78 is 0.992. The second-order valence-electron chi connectivity index (χ2n) is 6.34. The van der Waals surface area contributed by atoms with Crippen LogP contribution in [0.2, 0.25) is 0 Å². The van der Waals surface area contributed by atoms with Crippen LogP contribution in [-0.2, 0) is 0 Å². The molecule has 0 aliphatic carbocycles. The third-order valence-corrected chi connectivity index (χ3v) is 4.18. The van der Waals surface area contributed by atoms with E-state index in [0.29, 0.717) is 19.6 Å². The third kappa shape index (κ3) is 4.53. The molecule has 0 atom stereocenters. The second kappa shape index (κ2) is 6.46. The maximum absolute atomic E-state index is 12.6. The Bertz CT molecular complexity index is 517. The van der Waals surface area contributed by atoms with Crippen molar-refractivity contribution >= 4 is 21.8 Å². The molecule has 1 aliphatic heterocycles. The Morgan fingerprint density at radius 1 is 1.29 bits per heavy atom. The molecule has 0 unspecified atom stereocenters. The first-order valence-electron chi connectivity index (χ1n) is 7.26. The predicted molar refractivity (Wildman–Crippen MR) is 87.5 cm³/mol. The molecule has 1 fully saturated rings. The SMILES string of the molecule is Cc1cc(Br)ccc1C(=O)N1CCN(CC(C)(C)O)CC1. The summed E-state index contributed by atoms with van der Waals surface area (Å²) in [5.74, 6) is 0.0999. The van der Waals surface area contributed by atoms with Crippen molar-refractivity contribution in [3.05, 3.63) is 33.8 Å². The first kappa shape index (κ1) is 16.5. The molecule has 0 bridgehead atoms. The van der Waals surface area contributed by atoms with E-state index in [9.17, 15) is 9.90 Å². The highest BCUT2D eigenvalue weighted by atomic mass is 79.9.